The number of hydrogen-bond acceptors (Lipinski definition) is 3. The van der Waals surface area contributed by atoms with Gasteiger partial charge in [0, 0.05) is 19.8 Å². The van der Waals surface area contributed by atoms with Gasteiger partial charge in [-0.05, 0) is 30.2 Å². The molecule has 5 nitrogen and oxygen atoms in total. The molecule has 128 valence electrons. The van der Waals surface area contributed by atoms with E-state index in [1.54, 1.807) is 25.4 Å². The number of rotatable bonds is 7. The van der Waals surface area contributed by atoms with Gasteiger partial charge < -0.3 is 15.4 Å². The molecule has 0 unspecified atom stereocenters. The van der Waals surface area contributed by atoms with E-state index in [1.165, 1.54) is 0 Å². The fraction of sp³-hybridized carbons (Fsp3) is 0.294. The number of hydrogen-bond donors (Lipinski definition) is 2. The highest BCUT2D eigenvalue weighted by molar-refractivity contribution is 6.32. The summed E-state index contributed by atoms with van der Waals surface area (Å²) in [5.41, 5.74) is 1.12. The van der Waals surface area contributed by atoms with Gasteiger partial charge in [-0.1, -0.05) is 41.4 Å². The van der Waals surface area contributed by atoms with Gasteiger partial charge in [0.05, 0.1) is 11.6 Å². The second-order valence-electron chi connectivity index (χ2n) is 4.94. The van der Waals surface area contributed by atoms with Crippen molar-refractivity contribution in [2.24, 2.45) is 4.99 Å². The Labute approximate surface area is 152 Å². The first-order valence-electron chi connectivity index (χ1n) is 7.61. The average Bonchev–Trinajstić information content (AvgIpc) is 2.60. The molecule has 0 spiro atoms. The van der Waals surface area contributed by atoms with Crippen molar-refractivity contribution in [2.75, 3.05) is 26.7 Å². The molecule has 0 atom stereocenters. The molecule has 0 saturated heterocycles. The van der Waals surface area contributed by atoms with Gasteiger partial charge in [0.25, 0.3) is 0 Å². The molecular formula is C17H20Cl2N4O. The zero-order valence-corrected chi connectivity index (χ0v) is 14.9. The zero-order valence-electron chi connectivity index (χ0n) is 13.4. The van der Waals surface area contributed by atoms with Crippen LogP contribution in [0, 0.1) is 0 Å². The first-order chi connectivity index (χ1) is 11.7. The highest BCUT2D eigenvalue weighted by atomic mass is 35.5. The lowest BCUT2D eigenvalue weighted by Crippen LogP contribution is -2.40. The summed E-state index contributed by atoms with van der Waals surface area (Å²) in [7, 11) is 1.73. The van der Waals surface area contributed by atoms with Crippen LogP contribution in [0.1, 0.15) is 5.56 Å². The number of nitrogens with zero attached hydrogens (tertiary/aromatic N) is 2. The van der Waals surface area contributed by atoms with Crippen LogP contribution in [-0.2, 0) is 6.42 Å². The lowest BCUT2D eigenvalue weighted by Gasteiger charge is -2.13. The van der Waals surface area contributed by atoms with E-state index >= 15 is 0 Å². The minimum atomic E-state index is 0.492. The Hall–Kier alpha value is -1.98. The van der Waals surface area contributed by atoms with Gasteiger partial charge in [0.15, 0.2) is 5.96 Å². The van der Waals surface area contributed by atoms with E-state index in [-0.39, 0.29) is 0 Å². The number of aliphatic imine (C=N–C) groups is 1. The number of para-hydroxylation sites is 1. The molecule has 2 N–H and O–H groups in total. The molecule has 0 saturated carbocycles. The monoisotopic (exact) mass is 366 g/mol. The first-order valence-corrected chi connectivity index (χ1v) is 8.37. The lowest BCUT2D eigenvalue weighted by molar-refractivity contribution is 0.322. The van der Waals surface area contributed by atoms with Crippen molar-refractivity contribution < 1.29 is 4.74 Å². The molecule has 1 heterocycles. The molecule has 1 aromatic carbocycles. The molecule has 2 rings (SSSR count). The molecule has 0 aliphatic rings. The smallest absolute Gasteiger partial charge is 0.191 e. The van der Waals surface area contributed by atoms with E-state index in [1.807, 2.05) is 24.3 Å². The fourth-order valence-electron chi connectivity index (χ4n) is 1.99. The Bertz CT molecular complexity index is 662. The van der Waals surface area contributed by atoms with Crippen LogP contribution in [0.25, 0.3) is 0 Å². The maximum Gasteiger partial charge on any atom is 0.191 e. The lowest BCUT2D eigenvalue weighted by atomic mass is 10.2. The summed E-state index contributed by atoms with van der Waals surface area (Å²) in [5.74, 6) is 1.40. The van der Waals surface area contributed by atoms with Crippen molar-refractivity contribution in [3.8, 4) is 5.75 Å². The topological polar surface area (TPSA) is 58.5 Å². The van der Waals surface area contributed by atoms with Crippen LogP contribution in [0.4, 0.5) is 0 Å². The fourth-order valence-corrected chi connectivity index (χ4v) is 2.29. The third kappa shape index (κ3) is 6.26. The van der Waals surface area contributed by atoms with Crippen LogP contribution in [0.15, 0.2) is 47.6 Å². The van der Waals surface area contributed by atoms with Gasteiger partial charge >= 0.3 is 0 Å². The Morgan fingerprint density at radius 1 is 1.12 bits per heavy atom. The number of pyridine rings is 1. The number of halogens is 2. The van der Waals surface area contributed by atoms with Crippen molar-refractivity contribution in [1.82, 2.24) is 15.6 Å². The van der Waals surface area contributed by atoms with E-state index in [0.717, 1.165) is 24.5 Å². The molecule has 0 bridgehead atoms. The first kappa shape index (κ1) is 18.4. The Morgan fingerprint density at radius 2 is 1.92 bits per heavy atom. The van der Waals surface area contributed by atoms with E-state index < -0.39 is 0 Å². The zero-order chi connectivity index (χ0) is 17.2. The van der Waals surface area contributed by atoms with E-state index in [4.69, 9.17) is 27.9 Å². The van der Waals surface area contributed by atoms with E-state index in [0.29, 0.717) is 29.1 Å². The minimum Gasteiger partial charge on any atom is -0.490 e. The predicted octanol–water partition coefficient (Wildman–Crippen LogP) is 3.17. The largest absolute Gasteiger partial charge is 0.490 e. The van der Waals surface area contributed by atoms with Crippen molar-refractivity contribution >= 4 is 29.2 Å². The van der Waals surface area contributed by atoms with Crippen molar-refractivity contribution in [3.05, 3.63) is 58.3 Å². The molecule has 0 aliphatic heterocycles. The van der Waals surface area contributed by atoms with Gasteiger partial charge in [-0.2, -0.15) is 0 Å². The second kappa shape index (κ2) is 10.0. The van der Waals surface area contributed by atoms with Crippen molar-refractivity contribution in [3.63, 3.8) is 0 Å². The van der Waals surface area contributed by atoms with E-state index in [2.05, 4.69) is 20.6 Å². The number of benzene rings is 1. The van der Waals surface area contributed by atoms with Crippen LogP contribution >= 0.6 is 23.2 Å². The molecular weight excluding hydrogens is 347 g/mol. The highest BCUT2D eigenvalue weighted by Crippen LogP contribution is 2.22. The predicted molar refractivity (Wildman–Crippen MR) is 99.3 cm³/mol. The Balaban J connectivity index is 1.65. The van der Waals surface area contributed by atoms with Crippen LogP contribution < -0.4 is 15.4 Å². The number of nitrogens with one attached hydrogen (secondary N) is 2. The number of ether oxygens (including phenoxy) is 1. The summed E-state index contributed by atoms with van der Waals surface area (Å²) in [6.45, 7) is 1.85. The normalized spacial score (nSPS) is 11.2. The molecule has 7 heteroatoms. The quantitative estimate of drug-likeness (QED) is 0.342. The molecule has 0 amide bonds. The summed E-state index contributed by atoms with van der Waals surface area (Å²) in [5, 5.41) is 7.54. The van der Waals surface area contributed by atoms with E-state index in [9.17, 15) is 0 Å². The number of aromatic nitrogens is 1. The molecule has 24 heavy (non-hydrogen) atoms. The highest BCUT2D eigenvalue weighted by Gasteiger charge is 2.01. The molecule has 0 radical (unpaired) electrons. The third-order valence-electron chi connectivity index (χ3n) is 3.21. The van der Waals surface area contributed by atoms with Gasteiger partial charge in [-0.3, -0.25) is 4.99 Å². The maximum absolute atomic E-state index is 6.03. The van der Waals surface area contributed by atoms with Crippen LogP contribution in [-0.4, -0.2) is 37.7 Å². The summed E-state index contributed by atoms with van der Waals surface area (Å²) in [6.07, 6.45) is 2.61. The van der Waals surface area contributed by atoms with Crippen molar-refractivity contribution in [2.45, 2.75) is 6.42 Å². The summed E-state index contributed by atoms with van der Waals surface area (Å²) >= 11 is 11.8. The maximum atomic E-state index is 6.03. The molecule has 2 aromatic rings. The number of guanidine groups is 1. The SMILES string of the molecule is CN=C(NCCOc1ccccc1Cl)NCCc1ccc(Cl)nc1. The third-order valence-corrected chi connectivity index (χ3v) is 3.74. The molecule has 0 aliphatic carbocycles. The van der Waals surface area contributed by atoms with Gasteiger partial charge in [-0.25, -0.2) is 4.98 Å². The van der Waals surface area contributed by atoms with Gasteiger partial charge in [0.1, 0.15) is 17.5 Å². The summed E-state index contributed by atoms with van der Waals surface area (Å²) in [4.78, 5) is 8.23. The average molecular weight is 367 g/mol. The van der Waals surface area contributed by atoms with Crippen LogP contribution in [0.5, 0.6) is 5.75 Å². The van der Waals surface area contributed by atoms with Gasteiger partial charge in [-0.15, -0.1) is 0 Å². The van der Waals surface area contributed by atoms with Crippen LogP contribution in [0.3, 0.4) is 0 Å². The second-order valence-corrected chi connectivity index (χ2v) is 5.74. The minimum absolute atomic E-state index is 0.492. The summed E-state index contributed by atoms with van der Waals surface area (Å²) in [6, 6.07) is 11.2. The molecule has 0 fully saturated rings. The Kier molecular flexibility index (Phi) is 7.65. The molecule has 1 aromatic heterocycles. The van der Waals surface area contributed by atoms with Crippen molar-refractivity contribution in [1.29, 1.82) is 0 Å². The summed E-state index contributed by atoms with van der Waals surface area (Å²) < 4.78 is 5.62. The van der Waals surface area contributed by atoms with Crippen LogP contribution in [0.2, 0.25) is 10.2 Å². The van der Waals surface area contributed by atoms with Gasteiger partial charge in [0.2, 0.25) is 0 Å². The standard InChI is InChI=1S/C17H20Cl2N4O/c1-20-17(21-9-8-13-6-7-16(19)23-12-13)22-10-11-24-15-5-3-2-4-14(15)18/h2-7,12H,8-11H2,1H3,(H2,20,21,22). The Morgan fingerprint density at radius 3 is 2.62 bits per heavy atom.